The third-order valence-corrected chi connectivity index (χ3v) is 3.10. The lowest BCUT2D eigenvalue weighted by molar-refractivity contribution is 0.204. The lowest BCUT2D eigenvalue weighted by Gasteiger charge is -2.12. The quantitative estimate of drug-likeness (QED) is 0.930. The molecule has 0 spiro atoms. The van der Waals surface area contributed by atoms with Gasteiger partial charge in [0.1, 0.15) is 11.9 Å². The smallest absolute Gasteiger partial charge is 0.130 e. The number of aromatic nitrogens is 2. The van der Waals surface area contributed by atoms with Crippen molar-refractivity contribution >= 4 is 11.6 Å². The molecule has 2 rings (SSSR count). The van der Waals surface area contributed by atoms with Gasteiger partial charge in [-0.15, -0.1) is 0 Å². The number of aliphatic hydroxyl groups excluding tert-OH is 1. The molecular weight excluding hydrogens is 255 g/mol. The summed E-state index contributed by atoms with van der Waals surface area (Å²) >= 11 is 5.69. The summed E-state index contributed by atoms with van der Waals surface area (Å²) in [6, 6.07) is 6.01. The van der Waals surface area contributed by atoms with Gasteiger partial charge in [0.2, 0.25) is 0 Å². The Hall–Kier alpha value is -1.39. The van der Waals surface area contributed by atoms with Crippen LogP contribution in [0.15, 0.2) is 24.3 Å². The van der Waals surface area contributed by atoms with E-state index in [9.17, 15) is 9.50 Å². The van der Waals surface area contributed by atoms with E-state index in [1.807, 2.05) is 6.92 Å². The van der Waals surface area contributed by atoms with E-state index in [0.29, 0.717) is 10.7 Å². The predicted octanol–water partition coefficient (Wildman–Crippen LogP) is 2.86. The second-order valence-corrected chi connectivity index (χ2v) is 4.54. The standard InChI is InChI=1S/C13H14ClFN2O/c1-3-9-7-12(17(2)16-9)13(18)10-5-4-8(14)6-11(10)15/h4-7,13,18H,3H2,1-2H3. The summed E-state index contributed by atoms with van der Waals surface area (Å²) in [5, 5.41) is 14.7. The van der Waals surface area contributed by atoms with Crippen LogP contribution in [0, 0.1) is 5.82 Å². The third kappa shape index (κ3) is 2.40. The Kier molecular flexibility index (Phi) is 3.68. The molecule has 0 aliphatic carbocycles. The van der Waals surface area contributed by atoms with Gasteiger partial charge in [-0.25, -0.2) is 4.39 Å². The lowest BCUT2D eigenvalue weighted by atomic mass is 10.1. The van der Waals surface area contributed by atoms with Crippen LogP contribution in [0.5, 0.6) is 0 Å². The van der Waals surface area contributed by atoms with Crippen LogP contribution in [0.1, 0.15) is 30.0 Å². The maximum atomic E-state index is 13.7. The Bertz CT molecular complexity index is 568. The van der Waals surface area contributed by atoms with Crippen LogP contribution in [-0.2, 0) is 13.5 Å². The van der Waals surface area contributed by atoms with Crippen molar-refractivity contribution in [1.29, 1.82) is 0 Å². The van der Waals surface area contributed by atoms with Gasteiger partial charge in [-0.1, -0.05) is 24.6 Å². The molecule has 0 aliphatic heterocycles. The van der Waals surface area contributed by atoms with E-state index in [1.54, 1.807) is 23.9 Å². The molecule has 5 heteroatoms. The van der Waals surface area contributed by atoms with Crippen molar-refractivity contribution < 1.29 is 9.50 Å². The molecule has 0 amide bonds. The first-order valence-electron chi connectivity index (χ1n) is 5.68. The Labute approximate surface area is 110 Å². The molecule has 0 saturated carbocycles. The second-order valence-electron chi connectivity index (χ2n) is 4.11. The summed E-state index contributed by atoms with van der Waals surface area (Å²) in [6.07, 6.45) is -0.274. The molecule has 1 atom stereocenters. The van der Waals surface area contributed by atoms with Crippen LogP contribution in [0.2, 0.25) is 5.02 Å². The van der Waals surface area contributed by atoms with E-state index in [-0.39, 0.29) is 5.56 Å². The van der Waals surface area contributed by atoms with Crippen molar-refractivity contribution in [1.82, 2.24) is 9.78 Å². The highest BCUT2D eigenvalue weighted by Gasteiger charge is 2.19. The second kappa shape index (κ2) is 5.08. The van der Waals surface area contributed by atoms with Crippen molar-refractivity contribution in [2.75, 3.05) is 0 Å². The van der Waals surface area contributed by atoms with Gasteiger partial charge in [-0.2, -0.15) is 5.10 Å². The highest BCUT2D eigenvalue weighted by Crippen LogP contribution is 2.26. The van der Waals surface area contributed by atoms with E-state index in [2.05, 4.69) is 5.10 Å². The van der Waals surface area contributed by atoms with Crippen LogP contribution in [0.25, 0.3) is 0 Å². The zero-order chi connectivity index (χ0) is 13.3. The fraction of sp³-hybridized carbons (Fsp3) is 0.308. The highest BCUT2D eigenvalue weighted by atomic mass is 35.5. The monoisotopic (exact) mass is 268 g/mol. The summed E-state index contributed by atoms with van der Waals surface area (Å²) in [6.45, 7) is 1.97. The zero-order valence-corrected chi connectivity index (χ0v) is 10.9. The molecule has 3 nitrogen and oxygen atoms in total. The van der Waals surface area contributed by atoms with E-state index in [1.165, 1.54) is 12.1 Å². The first-order valence-corrected chi connectivity index (χ1v) is 6.06. The van der Waals surface area contributed by atoms with Crippen molar-refractivity contribution in [2.45, 2.75) is 19.4 Å². The molecule has 0 saturated heterocycles. The number of aryl methyl sites for hydroxylation is 2. The maximum absolute atomic E-state index is 13.7. The molecule has 0 aliphatic rings. The summed E-state index contributed by atoms with van der Waals surface area (Å²) in [5.41, 5.74) is 1.62. The fourth-order valence-corrected chi connectivity index (χ4v) is 2.01. The number of benzene rings is 1. The molecule has 0 fully saturated rings. The Balaban J connectivity index is 2.40. The van der Waals surface area contributed by atoms with E-state index in [4.69, 9.17) is 11.6 Å². The van der Waals surface area contributed by atoms with Gasteiger partial charge < -0.3 is 5.11 Å². The van der Waals surface area contributed by atoms with Crippen molar-refractivity contribution in [3.63, 3.8) is 0 Å². The van der Waals surface area contributed by atoms with Crippen molar-refractivity contribution in [3.8, 4) is 0 Å². The van der Waals surface area contributed by atoms with E-state index in [0.717, 1.165) is 12.1 Å². The van der Waals surface area contributed by atoms with E-state index >= 15 is 0 Å². The molecule has 0 bridgehead atoms. The van der Waals surface area contributed by atoms with Gasteiger partial charge in [-0.3, -0.25) is 4.68 Å². The molecule has 2 aromatic rings. The minimum Gasteiger partial charge on any atom is -0.382 e. The Morgan fingerprint density at radius 3 is 2.72 bits per heavy atom. The highest BCUT2D eigenvalue weighted by molar-refractivity contribution is 6.30. The molecule has 1 unspecified atom stereocenters. The predicted molar refractivity (Wildman–Crippen MR) is 68.1 cm³/mol. The largest absolute Gasteiger partial charge is 0.382 e. The Morgan fingerprint density at radius 2 is 2.17 bits per heavy atom. The van der Waals surface area contributed by atoms with Crippen LogP contribution in [0.3, 0.4) is 0 Å². The summed E-state index contributed by atoms with van der Waals surface area (Å²) in [7, 11) is 1.73. The molecule has 1 N–H and O–H groups in total. The summed E-state index contributed by atoms with van der Waals surface area (Å²) in [5.74, 6) is -0.519. The molecule has 0 radical (unpaired) electrons. The summed E-state index contributed by atoms with van der Waals surface area (Å²) < 4.78 is 15.3. The SMILES string of the molecule is CCc1cc(C(O)c2ccc(Cl)cc2F)n(C)n1. The average Bonchev–Trinajstić information content (AvgIpc) is 2.70. The Morgan fingerprint density at radius 1 is 1.44 bits per heavy atom. The third-order valence-electron chi connectivity index (χ3n) is 2.87. The van der Waals surface area contributed by atoms with Gasteiger partial charge in [0.15, 0.2) is 0 Å². The molecule has 96 valence electrons. The van der Waals surface area contributed by atoms with Crippen LogP contribution < -0.4 is 0 Å². The topological polar surface area (TPSA) is 38.0 Å². The minimum atomic E-state index is -1.04. The van der Waals surface area contributed by atoms with Gasteiger partial charge in [0, 0.05) is 17.6 Å². The number of hydrogen-bond donors (Lipinski definition) is 1. The first kappa shape index (κ1) is 13.1. The van der Waals surface area contributed by atoms with Crippen molar-refractivity contribution in [2.24, 2.45) is 7.05 Å². The number of rotatable bonds is 3. The van der Waals surface area contributed by atoms with E-state index < -0.39 is 11.9 Å². The minimum absolute atomic E-state index is 0.199. The lowest BCUT2D eigenvalue weighted by Crippen LogP contribution is -2.08. The molecule has 1 heterocycles. The maximum Gasteiger partial charge on any atom is 0.130 e. The number of hydrogen-bond acceptors (Lipinski definition) is 2. The molecule has 1 aromatic carbocycles. The van der Waals surface area contributed by atoms with Gasteiger partial charge in [0.05, 0.1) is 11.4 Å². The fourth-order valence-electron chi connectivity index (χ4n) is 1.85. The van der Waals surface area contributed by atoms with Gasteiger partial charge in [-0.05, 0) is 24.6 Å². The van der Waals surface area contributed by atoms with Gasteiger partial charge in [0.25, 0.3) is 0 Å². The molecule has 18 heavy (non-hydrogen) atoms. The number of aliphatic hydroxyl groups is 1. The number of halogens is 2. The van der Waals surface area contributed by atoms with Crippen LogP contribution in [0.4, 0.5) is 4.39 Å². The molecular formula is C13H14ClFN2O. The normalized spacial score (nSPS) is 12.7. The molecule has 1 aromatic heterocycles. The zero-order valence-electron chi connectivity index (χ0n) is 10.2. The average molecular weight is 269 g/mol. The first-order chi connectivity index (χ1) is 8.52. The van der Waals surface area contributed by atoms with Crippen molar-refractivity contribution in [3.05, 3.63) is 52.1 Å². The summed E-state index contributed by atoms with van der Waals surface area (Å²) in [4.78, 5) is 0. The van der Waals surface area contributed by atoms with Crippen LogP contribution in [-0.4, -0.2) is 14.9 Å². The number of nitrogens with zero attached hydrogens (tertiary/aromatic N) is 2. The van der Waals surface area contributed by atoms with Crippen LogP contribution >= 0.6 is 11.6 Å². The van der Waals surface area contributed by atoms with Gasteiger partial charge >= 0.3 is 0 Å².